The van der Waals surface area contributed by atoms with Crippen molar-refractivity contribution in [3.05, 3.63) is 144 Å². The van der Waals surface area contributed by atoms with Gasteiger partial charge in [-0.05, 0) is 35.1 Å². The van der Waals surface area contributed by atoms with Crippen LogP contribution in [0.25, 0.3) is 0 Å². The Bertz CT molecular complexity index is 2180. The van der Waals surface area contributed by atoms with E-state index in [0.717, 1.165) is 60.8 Å². The summed E-state index contributed by atoms with van der Waals surface area (Å²) >= 11 is 0. The van der Waals surface area contributed by atoms with E-state index in [1.165, 1.54) is 135 Å². The van der Waals surface area contributed by atoms with Gasteiger partial charge in [0.05, 0.1) is 26.4 Å². The van der Waals surface area contributed by atoms with Crippen molar-refractivity contribution in [3.63, 3.8) is 0 Å². The summed E-state index contributed by atoms with van der Waals surface area (Å²) < 4.78 is 51.7. The van der Waals surface area contributed by atoms with Gasteiger partial charge in [0.25, 0.3) is 0 Å². The second kappa shape index (κ2) is 44.6. The molecule has 0 N–H and O–H groups in total. The van der Waals surface area contributed by atoms with Gasteiger partial charge in [0.15, 0.2) is 18.5 Å². The van der Waals surface area contributed by atoms with Crippen molar-refractivity contribution in [2.75, 3.05) is 13.2 Å². The summed E-state index contributed by atoms with van der Waals surface area (Å²) in [5, 5.41) is 0. The van der Waals surface area contributed by atoms with Crippen molar-refractivity contribution in [1.29, 1.82) is 0 Å². The van der Waals surface area contributed by atoms with Gasteiger partial charge in [-0.2, -0.15) is 0 Å². The molecular weight excluding hydrogens is 1030 g/mol. The highest BCUT2D eigenvalue weighted by atomic mass is 16.7. The van der Waals surface area contributed by atoms with Crippen molar-refractivity contribution < 1.29 is 52.3 Å². The molecule has 0 bridgehead atoms. The molecule has 0 unspecified atom stereocenters. The van der Waals surface area contributed by atoms with Crippen molar-refractivity contribution >= 4 is 17.9 Å². The van der Waals surface area contributed by atoms with Crippen LogP contribution in [0.4, 0.5) is 0 Å². The predicted octanol–water partition coefficient (Wildman–Crippen LogP) is 17.4. The number of rotatable bonds is 48. The number of carbonyl (C=O) groups excluding carboxylic acids is 3. The van der Waals surface area contributed by atoms with Crippen LogP contribution in [0, 0.1) is 0 Å². The molecule has 1 saturated heterocycles. The Balaban J connectivity index is 1.26. The Morgan fingerprint density at radius 3 is 1.11 bits per heavy atom. The highest BCUT2D eigenvalue weighted by Gasteiger charge is 2.52. The third-order valence-corrected chi connectivity index (χ3v) is 15.5. The van der Waals surface area contributed by atoms with Gasteiger partial charge in [-0.3, -0.25) is 9.59 Å². The van der Waals surface area contributed by atoms with E-state index in [1.807, 2.05) is 121 Å². The lowest BCUT2D eigenvalue weighted by atomic mass is 9.97. The molecule has 0 aromatic heterocycles. The van der Waals surface area contributed by atoms with Gasteiger partial charge in [-0.15, -0.1) is 0 Å². The average molecular weight is 1130 g/mol. The third kappa shape index (κ3) is 30.1. The normalized spacial score (nSPS) is 17.3. The fraction of sp³-hybridized carbons (Fsp3) is 0.620. The molecule has 454 valence electrons. The largest absolute Gasteiger partial charge is 0.462 e. The summed E-state index contributed by atoms with van der Waals surface area (Å²) in [6.45, 7) is 4.56. The van der Waals surface area contributed by atoms with E-state index in [4.69, 9.17) is 37.9 Å². The molecule has 0 amide bonds. The number of carbonyl (C=O) groups is 3. The first-order valence-corrected chi connectivity index (χ1v) is 32.2. The molecule has 4 aromatic rings. The molecule has 0 spiro atoms. The van der Waals surface area contributed by atoms with E-state index in [9.17, 15) is 14.4 Å². The van der Waals surface area contributed by atoms with Gasteiger partial charge in [-0.25, -0.2) is 4.79 Å². The molecule has 11 heteroatoms. The number of ether oxygens (including phenoxy) is 8. The molecule has 5 rings (SSSR count). The van der Waals surface area contributed by atoms with Crippen LogP contribution in [0.1, 0.15) is 229 Å². The highest BCUT2D eigenvalue weighted by Crippen LogP contribution is 2.33. The van der Waals surface area contributed by atoms with Gasteiger partial charge in [-0.1, -0.05) is 302 Å². The molecule has 1 aliphatic rings. The number of unbranched alkanes of at least 4 members (excludes halogenated alkanes) is 26. The lowest BCUT2D eigenvalue weighted by Crippen LogP contribution is -2.63. The summed E-state index contributed by atoms with van der Waals surface area (Å²) in [6, 6.07) is 38.7. The van der Waals surface area contributed by atoms with Crippen molar-refractivity contribution in [2.45, 2.75) is 270 Å². The average Bonchev–Trinajstić information content (AvgIpc) is 3.58. The Kier molecular flexibility index (Phi) is 36.9. The highest BCUT2D eigenvalue weighted by molar-refractivity contribution is 5.76. The van der Waals surface area contributed by atoms with Crippen LogP contribution in [0.15, 0.2) is 121 Å². The fourth-order valence-corrected chi connectivity index (χ4v) is 10.5. The monoisotopic (exact) mass is 1130 g/mol. The lowest BCUT2D eigenvalue weighted by Gasteiger charge is -2.45. The smallest absolute Gasteiger partial charge is 0.338 e. The van der Waals surface area contributed by atoms with Crippen molar-refractivity contribution in [1.82, 2.24) is 0 Å². The van der Waals surface area contributed by atoms with E-state index in [2.05, 4.69) is 13.8 Å². The minimum atomic E-state index is -1.33. The summed E-state index contributed by atoms with van der Waals surface area (Å²) in [5.74, 6) is -1.41. The molecule has 6 atom stereocenters. The number of benzene rings is 4. The first kappa shape index (κ1) is 67.9. The minimum Gasteiger partial charge on any atom is -0.462 e. The van der Waals surface area contributed by atoms with E-state index < -0.39 is 48.7 Å². The number of hydrogen-bond acceptors (Lipinski definition) is 11. The van der Waals surface area contributed by atoms with E-state index in [-0.39, 0.29) is 58.5 Å². The first-order valence-electron chi connectivity index (χ1n) is 32.2. The summed E-state index contributed by atoms with van der Waals surface area (Å²) in [7, 11) is 0. The van der Waals surface area contributed by atoms with Crippen LogP contribution in [0.3, 0.4) is 0 Å². The lowest BCUT2D eigenvalue weighted by molar-refractivity contribution is -0.323. The third-order valence-electron chi connectivity index (χ3n) is 15.5. The molecular formula is C71H104O11. The maximum Gasteiger partial charge on any atom is 0.338 e. The van der Waals surface area contributed by atoms with E-state index >= 15 is 0 Å². The van der Waals surface area contributed by atoms with Gasteiger partial charge in [0.1, 0.15) is 31.5 Å². The van der Waals surface area contributed by atoms with Crippen LogP contribution in [-0.2, 0) is 78.7 Å². The van der Waals surface area contributed by atoms with Gasteiger partial charge in [0.2, 0.25) is 0 Å². The Morgan fingerprint density at radius 2 is 0.707 bits per heavy atom. The van der Waals surface area contributed by atoms with Gasteiger partial charge in [0, 0.05) is 12.8 Å². The second-order valence-electron chi connectivity index (χ2n) is 22.6. The number of hydrogen-bond donors (Lipinski definition) is 0. The molecule has 11 nitrogen and oxygen atoms in total. The SMILES string of the molecule is CCCCCCCCCCCCCCCCCC(=O)OC[C@H](CO[C@H]1O[C@H](C(=O)OCc2ccccc2)[C@@H](OCc2ccccc2)[C@H](OCc2ccccc2)[C@H]1OCc1ccccc1)OC(=O)CCCCCCCCCCCCCCC. The molecule has 1 fully saturated rings. The molecule has 82 heavy (non-hydrogen) atoms. The number of esters is 3. The Labute approximate surface area is 494 Å². The summed E-state index contributed by atoms with van der Waals surface area (Å²) in [5.41, 5.74) is 3.49. The van der Waals surface area contributed by atoms with Gasteiger partial charge >= 0.3 is 17.9 Å². The zero-order chi connectivity index (χ0) is 57.8. The second-order valence-corrected chi connectivity index (χ2v) is 22.6. The molecule has 1 aliphatic heterocycles. The first-order chi connectivity index (χ1) is 40.4. The van der Waals surface area contributed by atoms with Crippen LogP contribution in [-0.4, -0.2) is 67.9 Å². The predicted molar refractivity (Wildman–Crippen MR) is 327 cm³/mol. The van der Waals surface area contributed by atoms with Crippen LogP contribution < -0.4 is 0 Å². The molecule has 0 saturated carbocycles. The zero-order valence-corrected chi connectivity index (χ0v) is 50.5. The molecule has 0 radical (unpaired) electrons. The van der Waals surface area contributed by atoms with Crippen LogP contribution >= 0.6 is 0 Å². The maximum absolute atomic E-state index is 14.5. The molecule has 4 aromatic carbocycles. The van der Waals surface area contributed by atoms with E-state index in [0.29, 0.717) is 6.42 Å². The minimum absolute atomic E-state index is 0.00197. The van der Waals surface area contributed by atoms with Gasteiger partial charge < -0.3 is 37.9 Å². The van der Waals surface area contributed by atoms with Crippen LogP contribution in [0.2, 0.25) is 0 Å². The zero-order valence-electron chi connectivity index (χ0n) is 50.5. The standard InChI is InChI=1S/C71H104O11/c1-3-5-7-9-11-13-15-17-18-20-21-23-25-27-41-51-64(72)75-57-63(81-65(73)52-42-28-26-24-22-19-16-14-12-10-8-6-4-2)58-80-71-69(78-55-61-47-37-31-38-48-61)67(77-54-60-45-35-30-36-46-60)66(76-53-59-43-33-29-34-44-59)68(82-71)70(74)79-56-62-49-39-32-40-50-62/h29-40,43-50,63,66-69,71H,3-28,41-42,51-58H2,1-2H3/t63-,66+,67+,68+,69-,71+/m1/s1. The topological polar surface area (TPSA) is 125 Å². The van der Waals surface area contributed by atoms with E-state index in [1.54, 1.807) is 0 Å². The molecule has 0 aliphatic carbocycles. The summed E-state index contributed by atoms with van der Waals surface area (Å²) in [4.78, 5) is 41.5. The fourth-order valence-electron chi connectivity index (χ4n) is 10.5. The maximum atomic E-state index is 14.5. The van der Waals surface area contributed by atoms with Crippen LogP contribution in [0.5, 0.6) is 0 Å². The van der Waals surface area contributed by atoms with Crippen molar-refractivity contribution in [2.24, 2.45) is 0 Å². The Hall–Kier alpha value is -4.91. The Morgan fingerprint density at radius 1 is 0.366 bits per heavy atom. The summed E-state index contributed by atoms with van der Waals surface area (Å²) in [6.07, 6.45) is 28.1. The quantitative estimate of drug-likeness (QED) is 0.0238. The molecule has 1 heterocycles. The van der Waals surface area contributed by atoms with Crippen molar-refractivity contribution in [3.8, 4) is 0 Å².